The van der Waals surface area contributed by atoms with Crippen LogP contribution in [0.2, 0.25) is 0 Å². The number of allylic oxidation sites excluding steroid dienone is 1. The van der Waals surface area contributed by atoms with E-state index in [4.69, 9.17) is 4.52 Å². The average Bonchev–Trinajstić information content (AvgIpc) is 2.75. The molecule has 0 radical (unpaired) electrons. The van der Waals surface area contributed by atoms with Gasteiger partial charge in [-0.15, -0.1) is 0 Å². The fraction of sp³-hybridized carbons (Fsp3) is 0.583. The summed E-state index contributed by atoms with van der Waals surface area (Å²) in [5.74, 6) is 2.63. The van der Waals surface area contributed by atoms with E-state index >= 15 is 0 Å². The smallest absolute Gasteiger partial charge is 0.150 e. The second-order valence-electron chi connectivity index (χ2n) is 4.66. The van der Waals surface area contributed by atoms with Crippen LogP contribution in [0.5, 0.6) is 0 Å². The number of rotatable bonds is 3. The standard InChI is InChI=1S/C12H16N2O/c1-8-5-10(15-14-8)7-13-12-6-9-3-2-4-11(9)12/h2,4-5,9,11-13H,3,6-7H2,1H3. The van der Waals surface area contributed by atoms with Gasteiger partial charge in [0, 0.05) is 12.1 Å². The van der Waals surface area contributed by atoms with Gasteiger partial charge in [-0.25, -0.2) is 0 Å². The molecule has 0 aliphatic heterocycles. The Balaban J connectivity index is 1.53. The maximum atomic E-state index is 5.16. The molecule has 1 saturated carbocycles. The highest BCUT2D eigenvalue weighted by Gasteiger charge is 2.40. The fourth-order valence-corrected chi connectivity index (χ4v) is 2.68. The van der Waals surface area contributed by atoms with Crippen LogP contribution >= 0.6 is 0 Å². The van der Waals surface area contributed by atoms with E-state index in [1.807, 2.05) is 13.0 Å². The van der Waals surface area contributed by atoms with Crippen molar-refractivity contribution in [2.24, 2.45) is 11.8 Å². The number of nitrogens with one attached hydrogen (secondary N) is 1. The van der Waals surface area contributed by atoms with Gasteiger partial charge in [0.1, 0.15) is 0 Å². The molecule has 1 fully saturated rings. The summed E-state index contributed by atoms with van der Waals surface area (Å²) in [6.07, 6.45) is 7.27. The van der Waals surface area contributed by atoms with Crippen molar-refractivity contribution in [1.29, 1.82) is 0 Å². The first kappa shape index (κ1) is 9.16. The SMILES string of the molecule is Cc1cc(CNC2CC3CC=CC32)on1. The number of aryl methyl sites for hydroxylation is 1. The van der Waals surface area contributed by atoms with Crippen molar-refractivity contribution in [1.82, 2.24) is 10.5 Å². The van der Waals surface area contributed by atoms with E-state index in [-0.39, 0.29) is 0 Å². The van der Waals surface area contributed by atoms with Crippen molar-refractivity contribution in [3.8, 4) is 0 Å². The first-order valence-electron chi connectivity index (χ1n) is 5.65. The highest BCUT2D eigenvalue weighted by molar-refractivity contribution is 5.13. The van der Waals surface area contributed by atoms with E-state index in [2.05, 4.69) is 22.6 Å². The van der Waals surface area contributed by atoms with Gasteiger partial charge >= 0.3 is 0 Å². The zero-order valence-electron chi connectivity index (χ0n) is 8.94. The fourth-order valence-electron chi connectivity index (χ4n) is 2.68. The Hall–Kier alpha value is -1.09. The molecule has 3 unspecified atom stereocenters. The Labute approximate surface area is 89.5 Å². The van der Waals surface area contributed by atoms with Gasteiger partial charge in [-0.2, -0.15) is 0 Å². The third-order valence-electron chi connectivity index (χ3n) is 3.58. The summed E-state index contributed by atoms with van der Waals surface area (Å²) in [7, 11) is 0. The van der Waals surface area contributed by atoms with Gasteiger partial charge in [-0.1, -0.05) is 17.3 Å². The molecule has 2 aliphatic carbocycles. The molecular weight excluding hydrogens is 188 g/mol. The third-order valence-corrected chi connectivity index (χ3v) is 3.58. The van der Waals surface area contributed by atoms with Gasteiger partial charge in [-0.3, -0.25) is 0 Å². The van der Waals surface area contributed by atoms with Crippen molar-refractivity contribution in [3.63, 3.8) is 0 Å². The maximum absolute atomic E-state index is 5.16. The summed E-state index contributed by atoms with van der Waals surface area (Å²) in [5.41, 5.74) is 0.957. The zero-order chi connectivity index (χ0) is 10.3. The molecule has 0 saturated heterocycles. The van der Waals surface area contributed by atoms with Gasteiger partial charge < -0.3 is 9.84 Å². The molecule has 3 rings (SSSR count). The summed E-state index contributed by atoms with van der Waals surface area (Å²) < 4.78 is 5.16. The molecule has 3 heteroatoms. The van der Waals surface area contributed by atoms with Crippen LogP contribution in [-0.2, 0) is 6.54 Å². The van der Waals surface area contributed by atoms with Gasteiger partial charge in [0.05, 0.1) is 12.2 Å². The lowest BCUT2D eigenvalue weighted by Crippen LogP contribution is -2.47. The Morgan fingerprint density at radius 2 is 2.53 bits per heavy atom. The van der Waals surface area contributed by atoms with Crippen LogP contribution in [0, 0.1) is 18.8 Å². The molecule has 3 nitrogen and oxygen atoms in total. The number of fused-ring (bicyclic) bond motifs is 1. The molecule has 80 valence electrons. The number of hydrogen-bond acceptors (Lipinski definition) is 3. The van der Waals surface area contributed by atoms with Gasteiger partial charge in [0.15, 0.2) is 5.76 Å². The molecule has 2 aliphatic rings. The topological polar surface area (TPSA) is 38.1 Å². The van der Waals surface area contributed by atoms with Crippen LogP contribution in [0.25, 0.3) is 0 Å². The largest absolute Gasteiger partial charge is 0.360 e. The highest BCUT2D eigenvalue weighted by Crippen LogP contribution is 2.42. The quantitative estimate of drug-likeness (QED) is 0.766. The minimum absolute atomic E-state index is 0.652. The minimum Gasteiger partial charge on any atom is -0.360 e. The molecule has 0 amide bonds. The molecule has 0 aromatic carbocycles. The van der Waals surface area contributed by atoms with Crippen molar-refractivity contribution in [2.45, 2.75) is 32.4 Å². The Morgan fingerprint density at radius 3 is 3.27 bits per heavy atom. The summed E-state index contributed by atoms with van der Waals surface area (Å²) in [6, 6.07) is 2.65. The lowest BCUT2D eigenvalue weighted by Gasteiger charge is -2.40. The molecular formula is C12H16N2O. The molecule has 3 atom stereocenters. The Morgan fingerprint density at radius 1 is 1.60 bits per heavy atom. The number of hydrogen-bond donors (Lipinski definition) is 1. The molecule has 1 N–H and O–H groups in total. The van der Waals surface area contributed by atoms with E-state index in [0.29, 0.717) is 6.04 Å². The van der Waals surface area contributed by atoms with Crippen molar-refractivity contribution >= 4 is 0 Å². The maximum Gasteiger partial charge on any atom is 0.150 e. The second-order valence-corrected chi connectivity index (χ2v) is 4.66. The van der Waals surface area contributed by atoms with Crippen LogP contribution in [0.15, 0.2) is 22.7 Å². The van der Waals surface area contributed by atoms with E-state index in [0.717, 1.165) is 29.8 Å². The number of aromatic nitrogens is 1. The zero-order valence-corrected chi connectivity index (χ0v) is 8.94. The van der Waals surface area contributed by atoms with Gasteiger partial charge in [-0.05, 0) is 31.6 Å². The van der Waals surface area contributed by atoms with Crippen LogP contribution in [-0.4, -0.2) is 11.2 Å². The monoisotopic (exact) mass is 204 g/mol. The van der Waals surface area contributed by atoms with Crippen molar-refractivity contribution < 1.29 is 4.52 Å². The summed E-state index contributed by atoms with van der Waals surface area (Å²) in [5, 5.41) is 7.41. The molecule has 1 aromatic heterocycles. The van der Waals surface area contributed by atoms with E-state index in [1.54, 1.807) is 0 Å². The third kappa shape index (κ3) is 1.61. The van der Waals surface area contributed by atoms with E-state index in [9.17, 15) is 0 Å². The summed E-state index contributed by atoms with van der Waals surface area (Å²) >= 11 is 0. The minimum atomic E-state index is 0.652. The lowest BCUT2D eigenvalue weighted by atomic mass is 9.71. The predicted molar refractivity (Wildman–Crippen MR) is 57.2 cm³/mol. The highest BCUT2D eigenvalue weighted by atomic mass is 16.5. The summed E-state index contributed by atoms with van der Waals surface area (Å²) in [4.78, 5) is 0. The van der Waals surface area contributed by atoms with Crippen LogP contribution < -0.4 is 5.32 Å². The molecule has 0 bridgehead atoms. The lowest BCUT2D eigenvalue weighted by molar-refractivity contribution is 0.158. The van der Waals surface area contributed by atoms with E-state index < -0.39 is 0 Å². The molecule has 1 aromatic rings. The molecule has 0 spiro atoms. The first-order valence-corrected chi connectivity index (χ1v) is 5.65. The Bertz CT molecular complexity index is 383. The van der Waals surface area contributed by atoms with Crippen LogP contribution in [0.3, 0.4) is 0 Å². The normalized spacial score (nSPS) is 32.7. The van der Waals surface area contributed by atoms with Gasteiger partial charge in [0.25, 0.3) is 0 Å². The van der Waals surface area contributed by atoms with Crippen molar-refractivity contribution in [2.75, 3.05) is 0 Å². The van der Waals surface area contributed by atoms with Crippen LogP contribution in [0.1, 0.15) is 24.3 Å². The first-order chi connectivity index (χ1) is 7.33. The van der Waals surface area contributed by atoms with E-state index in [1.165, 1.54) is 12.8 Å². The van der Waals surface area contributed by atoms with Gasteiger partial charge in [0.2, 0.25) is 0 Å². The second kappa shape index (κ2) is 3.49. The Kier molecular flexibility index (Phi) is 2.13. The van der Waals surface area contributed by atoms with Crippen LogP contribution in [0.4, 0.5) is 0 Å². The molecule has 1 heterocycles. The molecule has 15 heavy (non-hydrogen) atoms. The number of nitrogens with zero attached hydrogens (tertiary/aromatic N) is 1. The average molecular weight is 204 g/mol. The summed E-state index contributed by atoms with van der Waals surface area (Å²) in [6.45, 7) is 2.76. The van der Waals surface area contributed by atoms with Crippen molar-refractivity contribution in [3.05, 3.63) is 29.7 Å². The predicted octanol–water partition coefficient (Wildman–Crippen LogP) is 2.04.